The molecular weight excluding hydrogens is 444 g/mol. The van der Waals surface area contributed by atoms with Crippen molar-refractivity contribution in [3.63, 3.8) is 0 Å². The third-order valence-electron chi connectivity index (χ3n) is 6.00. The van der Waals surface area contributed by atoms with E-state index in [9.17, 15) is 9.59 Å². The number of aromatic nitrogens is 1. The number of para-hydroxylation sites is 1. The van der Waals surface area contributed by atoms with Crippen LogP contribution < -0.4 is 10.7 Å². The third kappa shape index (κ3) is 4.55. The van der Waals surface area contributed by atoms with Crippen LogP contribution in [0, 0.1) is 20.8 Å². The molecule has 1 heterocycles. The summed E-state index contributed by atoms with van der Waals surface area (Å²) in [6.07, 6.45) is 0.764. The lowest BCUT2D eigenvalue weighted by Crippen LogP contribution is -2.27. The van der Waals surface area contributed by atoms with E-state index >= 15 is 0 Å². The molecular formula is C29H27ClN2O2. The number of nitrogens with zero attached hydrogens (tertiary/aromatic N) is 1. The highest BCUT2D eigenvalue weighted by atomic mass is 35.5. The van der Waals surface area contributed by atoms with Gasteiger partial charge in [0.2, 0.25) is 0 Å². The molecule has 1 amide bonds. The first-order valence-corrected chi connectivity index (χ1v) is 11.7. The number of hydrogen-bond acceptors (Lipinski definition) is 2. The van der Waals surface area contributed by atoms with Crippen molar-refractivity contribution in [3.8, 4) is 16.9 Å². The van der Waals surface area contributed by atoms with Crippen LogP contribution in [0.15, 0.2) is 77.6 Å². The average molecular weight is 471 g/mol. The first-order valence-electron chi connectivity index (χ1n) is 11.3. The van der Waals surface area contributed by atoms with Crippen LogP contribution in [-0.4, -0.2) is 10.5 Å². The molecule has 1 aromatic heterocycles. The fraction of sp³-hybridized carbons (Fsp3) is 0.172. The molecule has 0 spiro atoms. The fourth-order valence-electron chi connectivity index (χ4n) is 4.26. The highest BCUT2D eigenvalue weighted by Crippen LogP contribution is 2.30. The maximum absolute atomic E-state index is 13.7. The summed E-state index contributed by atoms with van der Waals surface area (Å²) in [4.78, 5) is 27.0. The van der Waals surface area contributed by atoms with Gasteiger partial charge in [-0.1, -0.05) is 66.6 Å². The van der Waals surface area contributed by atoms with Gasteiger partial charge in [-0.15, -0.1) is 0 Å². The van der Waals surface area contributed by atoms with Crippen molar-refractivity contribution < 1.29 is 4.79 Å². The van der Waals surface area contributed by atoms with Gasteiger partial charge in [0.15, 0.2) is 5.43 Å². The van der Waals surface area contributed by atoms with Crippen LogP contribution in [0.25, 0.3) is 16.9 Å². The number of aryl methyl sites for hydroxylation is 4. The second kappa shape index (κ2) is 9.70. The molecule has 34 heavy (non-hydrogen) atoms. The van der Waals surface area contributed by atoms with Crippen LogP contribution >= 0.6 is 11.6 Å². The van der Waals surface area contributed by atoms with Gasteiger partial charge < -0.3 is 9.88 Å². The second-order valence-corrected chi connectivity index (χ2v) is 8.91. The quantitative estimate of drug-likeness (QED) is 0.345. The lowest BCUT2D eigenvalue weighted by atomic mass is 10.0. The number of hydrogen-bond donors (Lipinski definition) is 1. The summed E-state index contributed by atoms with van der Waals surface area (Å²) in [5, 5.41) is 3.56. The van der Waals surface area contributed by atoms with Gasteiger partial charge in [0.1, 0.15) is 5.56 Å². The topological polar surface area (TPSA) is 51.1 Å². The molecule has 0 aliphatic rings. The predicted octanol–water partition coefficient (Wildman–Crippen LogP) is 6.90. The maximum atomic E-state index is 13.7. The standard InChI is InChI=1S/C29H27ClN2O2/c1-5-21-9-6-8-19(3)27(21)31-29(34)26-25(33)16-20(4)32(24-14-12-18(2)13-15-24)28(26)22-10-7-11-23(30)17-22/h6-17H,5H2,1-4H3,(H,31,34). The Morgan fingerprint density at radius 1 is 0.941 bits per heavy atom. The van der Waals surface area contributed by atoms with E-state index in [1.807, 2.05) is 86.9 Å². The first kappa shape index (κ1) is 23.5. The Morgan fingerprint density at radius 2 is 1.65 bits per heavy atom. The van der Waals surface area contributed by atoms with Crippen LogP contribution in [0.1, 0.15) is 39.7 Å². The van der Waals surface area contributed by atoms with E-state index in [-0.39, 0.29) is 11.0 Å². The number of nitrogens with one attached hydrogen (secondary N) is 1. The number of halogens is 1. The first-order chi connectivity index (χ1) is 16.3. The largest absolute Gasteiger partial charge is 0.321 e. The minimum absolute atomic E-state index is 0.0822. The molecule has 1 N–H and O–H groups in total. The van der Waals surface area contributed by atoms with Gasteiger partial charge in [-0.25, -0.2) is 0 Å². The van der Waals surface area contributed by atoms with E-state index in [2.05, 4.69) is 5.32 Å². The molecule has 0 saturated heterocycles. The SMILES string of the molecule is CCc1cccc(C)c1NC(=O)c1c(-c2cccc(Cl)c2)n(-c2ccc(C)cc2)c(C)cc1=O. The highest BCUT2D eigenvalue weighted by molar-refractivity contribution is 6.30. The van der Waals surface area contributed by atoms with Crippen LogP contribution in [0.5, 0.6) is 0 Å². The van der Waals surface area contributed by atoms with Crippen LogP contribution in [-0.2, 0) is 6.42 Å². The predicted molar refractivity (Wildman–Crippen MR) is 140 cm³/mol. The van der Waals surface area contributed by atoms with Gasteiger partial charge in [-0.2, -0.15) is 0 Å². The van der Waals surface area contributed by atoms with Crippen molar-refractivity contribution in [2.24, 2.45) is 0 Å². The van der Waals surface area contributed by atoms with E-state index in [4.69, 9.17) is 11.6 Å². The van der Waals surface area contributed by atoms with Crippen LogP contribution in [0.2, 0.25) is 5.02 Å². The molecule has 0 aliphatic carbocycles. The summed E-state index contributed by atoms with van der Waals surface area (Å²) in [7, 11) is 0. The molecule has 0 unspecified atom stereocenters. The van der Waals surface area contributed by atoms with Crippen molar-refractivity contribution in [3.05, 3.63) is 116 Å². The molecule has 4 rings (SSSR count). The van der Waals surface area contributed by atoms with E-state index < -0.39 is 5.91 Å². The minimum Gasteiger partial charge on any atom is -0.321 e. The van der Waals surface area contributed by atoms with E-state index in [1.165, 1.54) is 6.07 Å². The normalized spacial score (nSPS) is 10.9. The van der Waals surface area contributed by atoms with Gasteiger partial charge in [0, 0.05) is 33.7 Å². The van der Waals surface area contributed by atoms with Crippen molar-refractivity contribution in [1.82, 2.24) is 4.57 Å². The zero-order valence-electron chi connectivity index (χ0n) is 19.8. The van der Waals surface area contributed by atoms with E-state index in [0.717, 1.165) is 40.2 Å². The Labute approximate surface area is 204 Å². The summed E-state index contributed by atoms with van der Waals surface area (Å²) in [6, 6.07) is 22.7. The van der Waals surface area contributed by atoms with Crippen molar-refractivity contribution in [2.75, 3.05) is 5.32 Å². The summed E-state index contributed by atoms with van der Waals surface area (Å²) in [5.41, 5.74) is 6.37. The molecule has 0 bridgehead atoms. The molecule has 3 aromatic carbocycles. The number of carbonyl (C=O) groups excluding carboxylic acids is 1. The van der Waals surface area contributed by atoms with Crippen LogP contribution in [0.3, 0.4) is 0 Å². The van der Waals surface area contributed by atoms with Gasteiger partial charge in [0.25, 0.3) is 5.91 Å². The van der Waals surface area contributed by atoms with Crippen molar-refractivity contribution in [2.45, 2.75) is 34.1 Å². The third-order valence-corrected chi connectivity index (χ3v) is 6.23. The molecule has 4 aromatic rings. The summed E-state index contributed by atoms with van der Waals surface area (Å²) < 4.78 is 1.94. The average Bonchev–Trinajstić information content (AvgIpc) is 2.80. The zero-order chi connectivity index (χ0) is 24.4. The molecule has 0 atom stereocenters. The lowest BCUT2D eigenvalue weighted by molar-refractivity contribution is 0.102. The number of carbonyl (C=O) groups is 1. The van der Waals surface area contributed by atoms with Crippen LogP contribution in [0.4, 0.5) is 5.69 Å². The molecule has 0 saturated carbocycles. The summed E-state index contributed by atoms with van der Waals surface area (Å²) in [6.45, 7) is 7.88. The van der Waals surface area contributed by atoms with Gasteiger partial charge in [0.05, 0.1) is 5.69 Å². The fourth-order valence-corrected chi connectivity index (χ4v) is 4.45. The Bertz CT molecular complexity index is 1440. The number of amides is 1. The number of benzene rings is 3. The molecule has 4 nitrogen and oxygen atoms in total. The Hall–Kier alpha value is -3.63. The Morgan fingerprint density at radius 3 is 2.32 bits per heavy atom. The second-order valence-electron chi connectivity index (χ2n) is 8.47. The molecule has 172 valence electrons. The molecule has 0 aliphatic heterocycles. The van der Waals surface area contributed by atoms with E-state index in [1.54, 1.807) is 12.1 Å². The molecule has 5 heteroatoms. The maximum Gasteiger partial charge on any atom is 0.261 e. The monoisotopic (exact) mass is 470 g/mol. The smallest absolute Gasteiger partial charge is 0.261 e. The number of rotatable bonds is 5. The molecule has 0 fully saturated rings. The minimum atomic E-state index is -0.440. The van der Waals surface area contributed by atoms with Gasteiger partial charge in [-0.05, 0) is 62.6 Å². The number of pyridine rings is 1. The van der Waals surface area contributed by atoms with Gasteiger partial charge >= 0.3 is 0 Å². The van der Waals surface area contributed by atoms with Crippen molar-refractivity contribution in [1.29, 1.82) is 0 Å². The Kier molecular flexibility index (Phi) is 6.71. The zero-order valence-corrected chi connectivity index (χ0v) is 20.5. The summed E-state index contributed by atoms with van der Waals surface area (Å²) in [5.74, 6) is -0.440. The van der Waals surface area contributed by atoms with Crippen molar-refractivity contribution >= 4 is 23.2 Å². The van der Waals surface area contributed by atoms with E-state index in [0.29, 0.717) is 16.3 Å². The number of anilines is 1. The Balaban J connectivity index is 1.99. The molecule has 0 radical (unpaired) electrons. The highest BCUT2D eigenvalue weighted by Gasteiger charge is 2.24. The van der Waals surface area contributed by atoms with Gasteiger partial charge in [-0.3, -0.25) is 9.59 Å². The lowest BCUT2D eigenvalue weighted by Gasteiger charge is -2.21. The summed E-state index contributed by atoms with van der Waals surface area (Å²) >= 11 is 6.33.